The lowest BCUT2D eigenvalue weighted by molar-refractivity contribution is 0.613. The predicted octanol–water partition coefficient (Wildman–Crippen LogP) is 4.98. The molecule has 0 unspecified atom stereocenters. The number of benzene rings is 1. The Bertz CT molecular complexity index is 1040. The Morgan fingerprint density at radius 3 is 2.58 bits per heavy atom. The topological polar surface area (TPSA) is 68.5 Å². The van der Waals surface area contributed by atoms with E-state index >= 15 is 0 Å². The summed E-state index contributed by atoms with van der Waals surface area (Å²) in [6.45, 7) is 4.21. The van der Waals surface area contributed by atoms with Crippen molar-refractivity contribution in [3.8, 4) is 11.4 Å². The summed E-state index contributed by atoms with van der Waals surface area (Å²) in [7, 11) is 0. The van der Waals surface area contributed by atoms with E-state index in [1.165, 1.54) is 0 Å². The molecule has 6 nitrogen and oxygen atoms in total. The Kier molecular flexibility index (Phi) is 4.38. The summed E-state index contributed by atoms with van der Waals surface area (Å²) >= 11 is 3.46. The van der Waals surface area contributed by atoms with Crippen LogP contribution in [-0.2, 0) is 0 Å². The van der Waals surface area contributed by atoms with E-state index < -0.39 is 0 Å². The third kappa shape index (κ3) is 3.17. The van der Waals surface area contributed by atoms with Gasteiger partial charge in [0.1, 0.15) is 0 Å². The molecule has 0 aliphatic heterocycles. The summed E-state index contributed by atoms with van der Waals surface area (Å²) in [5, 5.41) is 3.37. The molecular formula is C19H17BrN6. The standard InChI is InChI=1S/C19H17BrN6/c1-12(2)26-11-22-16-18(23-15-7-5-14(20)6-8-15)24-17(25-19(16)26)13-4-3-9-21-10-13/h3-12H,1-2H3,(H,23,24,25). The SMILES string of the molecule is CC(C)n1cnc2c(Nc3ccc(Br)cc3)nc(-c3cccnc3)nc21. The fourth-order valence-electron chi connectivity index (χ4n) is 2.68. The van der Waals surface area contributed by atoms with Crippen LogP contribution in [-0.4, -0.2) is 24.5 Å². The molecule has 0 saturated carbocycles. The summed E-state index contributed by atoms with van der Waals surface area (Å²) in [6.07, 6.45) is 5.31. The van der Waals surface area contributed by atoms with Crippen LogP contribution in [0.2, 0.25) is 0 Å². The van der Waals surface area contributed by atoms with Gasteiger partial charge in [0.25, 0.3) is 0 Å². The maximum atomic E-state index is 4.74. The molecule has 0 bridgehead atoms. The first-order chi connectivity index (χ1) is 12.6. The van der Waals surface area contributed by atoms with Gasteiger partial charge in [-0.25, -0.2) is 15.0 Å². The van der Waals surface area contributed by atoms with Crippen molar-refractivity contribution in [2.24, 2.45) is 0 Å². The molecule has 3 heterocycles. The van der Waals surface area contributed by atoms with Crippen LogP contribution in [0, 0.1) is 0 Å². The van der Waals surface area contributed by atoms with E-state index in [0.29, 0.717) is 11.6 Å². The number of rotatable bonds is 4. The van der Waals surface area contributed by atoms with E-state index in [2.05, 4.69) is 45.1 Å². The number of nitrogens with zero attached hydrogens (tertiary/aromatic N) is 5. The summed E-state index contributed by atoms with van der Waals surface area (Å²) in [6, 6.07) is 12.0. The number of hydrogen-bond donors (Lipinski definition) is 1. The Labute approximate surface area is 159 Å². The highest BCUT2D eigenvalue weighted by atomic mass is 79.9. The van der Waals surface area contributed by atoms with E-state index in [4.69, 9.17) is 9.97 Å². The molecule has 26 heavy (non-hydrogen) atoms. The Morgan fingerprint density at radius 1 is 1.08 bits per heavy atom. The van der Waals surface area contributed by atoms with Crippen LogP contribution in [0.1, 0.15) is 19.9 Å². The first-order valence-electron chi connectivity index (χ1n) is 8.29. The summed E-state index contributed by atoms with van der Waals surface area (Å²) in [5.74, 6) is 1.29. The van der Waals surface area contributed by atoms with E-state index in [1.54, 1.807) is 12.4 Å². The number of nitrogens with one attached hydrogen (secondary N) is 1. The predicted molar refractivity (Wildman–Crippen MR) is 106 cm³/mol. The number of halogens is 1. The van der Waals surface area contributed by atoms with Gasteiger partial charge in [-0.1, -0.05) is 15.9 Å². The van der Waals surface area contributed by atoms with E-state index in [9.17, 15) is 0 Å². The molecule has 130 valence electrons. The molecule has 0 radical (unpaired) electrons. The summed E-state index contributed by atoms with van der Waals surface area (Å²) in [5.41, 5.74) is 3.34. The smallest absolute Gasteiger partial charge is 0.166 e. The highest BCUT2D eigenvalue weighted by molar-refractivity contribution is 9.10. The van der Waals surface area contributed by atoms with Crippen LogP contribution >= 0.6 is 15.9 Å². The van der Waals surface area contributed by atoms with Gasteiger partial charge in [-0.2, -0.15) is 0 Å². The Hall–Kier alpha value is -2.80. The van der Waals surface area contributed by atoms with Gasteiger partial charge in [0.05, 0.1) is 6.33 Å². The van der Waals surface area contributed by atoms with Crippen LogP contribution in [0.25, 0.3) is 22.6 Å². The zero-order chi connectivity index (χ0) is 18.1. The van der Waals surface area contributed by atoms with Crippen LogP contribution in [0.4, 0.5) is 11.5 Å². The Balaban J connectivity index is 1.88. The third-order valence-electron chi connectivity index (χ3n) is 4.00. The molecule has 0 amide bonds. The van der Waals surface area contributed by atoms with Crippen molar-refractivity contribution in [2.45, 2.75) is 19.9 Å². The van der Waals surface area contributed by atoms with Crippen LogP contribution in [0.3, 0.4) is 0 Å². The number of aromatic nitrogens is 5. The van der Waals surface area contributed by atoms with Crippen molar-refractivity contribution in [1.82, 2.24) is 24.5 Å². The molecule has 0 spiro atoms. The zero-order valence-corrected chi connectivity index (χ0v) is 16.0. The van der Waals surface area contributed by atoms with Crippen molar-refractivity contribution in [2.75, 3.05) is 5.32 Å². The second kappa shape index (κ2) is 6.84. The van der Waals surface area contributed by atoms with Crippen molar-refractivity contribution in [1.29, 1.82) is 0 Å². The van der Waals surface area contributed by atoms with Gasteiger partial charge in [-0.05, 0) is 50.2 Å². The minimum absolute atomic E-state index is 0.247. The monoisotopic (exact) mass is 408 g/mol. The molecule has 0 aliphatic rings. The number of hydrogen-bond acceptors (Lipinski definition) is 5. The van der Waals surface area contributed by atoms with Gasteiger partial charge in [0.2, 0.25) is 0 Å². The first kappa shape index (κ1) is 16.7. The molecule has 0 atom stereocenters. The second-order valence-corrected chi connectivity index (χ2v) is 7.10. The van der Waals surface area contributed by atoms with Gasteiger partial charge in [-0.3, -0.25) is 4.98 Å². The Morgan fingerprint density at radius 2 is 1.88 bits per heavy atom. The van der Waals surface area contributed by atoms with Gasteiger partial charge in [-0.15, -0.1) is 0 Å². The molecule has 1 N–H and O–H groups in total. The highest BCUT2D eigenvalue weighted by Crippen LogP contribution is 2.28. The normalized spacial score (nSPS) is 11.2. The van der Waals surface area contributed by atoms with Crippen molar-refractivity contribution >= 4 is 38.6 Å². The lowest BCUT2D eigenvalue weighted by Gasteiger charge is -2.11. The molecular weight excluding hydrogens is 392 g/mol. The van der Waals surface area contributed by atoms with Crippen molar-refractivity contribution in [3.05, 3.63) is 59.6 Å². The minimum atomic E-state index is 0.247. The van der Waals surface area contributed by atoms with E-state index in [0.717, 1.165) is 26.9 Å². The van der Waals surface area contributed by atoms with Crippen LogP contribution in [0.5, 0.6) is 0 Å². The quantitative estimate of drug-likeness (QED) is 0.515. The van der Waals surface area contributed by atoms with Gasteiger partial charge < -0.3 is 9.88 Å². The fraction of sp³-hybridized carbons (Fsp3) is 0.158. The van der Waals surface area contributed by atoms with Crippen molar-refractivity contribution in [3.63, 3.8) is 0 Å². The highest BCUT2D eigenvalue weighted by Gasteiger charge is 2.16. The number of imidazole rings is 1. The third-order valence-corrected chi connectivity index (χ3v) is 4.53. The van der Waals surface area contributed by atoms with Crippen LogP contribution < -0.4 is 5.32 Å². The first-order valence-corrected chi connectivity index (χ1v) is 9.08. The summed E-state index contributed by atoms with van der Waals surface area (Å²) in [4.78, 5) is 18.2. The van der Waals surface area contributed by atoms with Crippen molar-refractivity contribution < 1.29 is 0 Å². The molecule has 1 aromatic carbocycles. The fourth-order valence-corrected chi connectivity index (χ4v) is 2.94. The molecule has 3 aromatic heterocycles. The van der Waals surface area contributed by atoms with E-state index in [-0.39, 0.29) is 6.04 Å². The molecule has 0 aliphatic carbocycles. The molecule has 0 saturated heterocycles. The molecule has 4 rings (SSSR count). The second-order valence-electron chi connectivity index (χ2n) is 6.19. The molecule has 7 heteroatoms. The average molecular weight is 409 g/mol. The van der Waals surface area contributed by atoms with Crippen LogP contribution in [0.15, 0.2) is 59.6 Å². The van der Waals surface area contributed by atoms with Gasteiger partial charge >= 0.3 is 0 Å². The maximum absolute atomic E-state index is 4.74. The number of anilines is 2. The molecule has 4 aromatic rings. The number of pyridine rings is 1. The lowest BCUT2D eigenvalue weighted by Crippen LogP contribution is -2.03. The van der Waals surface area contributed by atoms with E-state index in [1.807, 2.05) is 47.3 Å². The number of fused-ring (bicyclic) bond motifs is 1. The lowest BCUT2D eigenvalue weighted by atomic mass is 10.2. The summed E-state index contributed by atoms with van der Waals surface area (Å²) < 4.78 is 3.07. The maximum Gasteiger partial charge on any atom is 0.166 e. The van der Waals surface area contributed by atoms with Gasteiger partial charge in [0.15, 0.2) is 22.8 Å². The van der Waals surface area contributed by atoms with Gasteiger partial charge in [0, 0.05) is 34.2 Å². The zero-order valence-electron chi connectivity index (χ0n) is 14.4. The minimum Gasteiger partial charge on any atom is -0.338 e. The largest absolute Gasteiger partial charge is 0.338 e. The molecule has 0 fully saturated rings. The average Bonchev–Trinajstić information content (AvgIpc) is 3.09.